The molecule has 0 aromatic rings. The number of hydrogen-bond donors (Lipinski definition) is 0. The van der Waals surface area contributed by atoms with Crippen molar-refractivity contribution in [3.05, 3.63) is 0 Å². The molecule has 554 valence electrons. The molecule has 0 spiro atoms. The lowest BCUT2D eigenvalue weighted by Gasteiger charge is -2.43. The Labute approximate surface area is 579 Å². The van der Waals surface area contributed by atoms with Crippen LogP contribution in [0.15, 0.2) is 0 Å². The van der Waals surface area contributed by atoms with Gasteiger partial charge in [0, 0.05) is 7.11 Å². The van der Waals surface area contributed by atoms with E-state index in [1.807, 2.05) is 125 Å². The minimum atomic E-state index is -0.469. The van der Waals surface area contributed by atoms with Crippen LogP contribution >= 0.6 is 0 Å². The van der Waals surface area contributed by atoms with Crippen molar-refractivity contribution in [2.75, 3.05) is 13.9 Å². The van der Waals surface area contributed by atoms with Crippen LogP contribution in [-0.4, -0.2) is 93.3 Å². The molecule has 8 rings (SSSR count). The number of carbonyl (C=O) groups excluding carboxylic acids is 5. The predicted octanol–water partition coefficient (Wildman–Crippen LogP) is 19.7. The first-order valence-corrected chi connectivity index (χ1v) is 37.3. The minimum absolute atomic E-state index is 0.103. The fourth-order valence-electron chi connectivity index (χ4n) is 17.0. The van der Waals surface area contributed by atoms with Crippen molar-refractivity contribution in [1.29, 1.82) is 0 Å². The Morgan fingerprint density at radius 2 is 0.674 bits per heavy atom. The highest BCUT2D eigenvalue weighted by atomic mass is 16.7. The summed E-state index contributed by atoms with van der Waals surface area (Å²) in [6, 6.07) is 0. The van der Waals surface area contributed by atoms with Crippen LogP contribution in [0.3, 0.4) is 0 Å². The molecule has 0 amide bonds. The molecule has 15 heteroatoms. The predicted molar refractivity (Wildman–Crippen MR) is 377 cm³/mol. The molecular weight excluding hydrogens is 1200 g/mol. The standard InChI is InChI=1S/3C18H32O3.C17H30O3.C9H18O3/c2*1-8-16(3,4)15(19)21-12(2)20-14-17(5,6)13-9-10-18(14,7)11-13;1-8-16(3,4)15(19)21-12(2)20-14-11-13-9-10-18(14,7)17(13,5)6;1-7-15(2,3)14(18)20-11-19-13-10-12-8-9-17(13,6)16(12,4)5;1-6-9(3,4)8(10)12-7(2)11-5/h3*12-14H,8-11H2,1-7H3;12-13H,7-11H2,1-6H3;7H,6H2,1-5H3. The highest BCUT2D eigenvalue weighted by Crippen LogP contribution is 2.68. The van der Waals surface area contributed by atoms with E-state index in [-0.39, 0.29) is 93.5 Å². The van der Waals surface area contributed by atoms with Crippen LogP contribution < -0.4 is 0 Å². The van der Waals surface area contributed by atoms with Crippen molar-refractivity contribution < 1.29 is 71.3 Å². The lowest BCUT2D eigenvalue weighted by atomic mass is 9.70. The molecule has 8 saturated carbocycles. The summed E-state index contributed by atoms with van der Waals surface area (Å²) >= 11 is 0. The first-order valence-electron chi connectivity index (χ1n) is 37.3. The smallest absolute Gasteiger partial charge is 0.313 e. The summed E-state index contributed by atoms with van der Waals surface area (Å²) in [7, 11) is 1.51. The summed E-state index contributed by atoms with van der Waals surface area (Å²) in [6.45, 7) is 64.4. The van der Waals surface area contributed by atoms with Gasteiger partial charge in [0.2, 0.25) is 0 Å². The summed E-state index contributed by atoms with van der Waals surface area (Å²) in [5.41, 5.74) is -0.204. The van der Waals surface area contributed by atoms with Crippen molar-refractivity contribution in [3.8, 4) is 0 Å². The van der Waals surface area contributed by atoms with Gasteiger partial charge in [-0.3, -0.25) is 24.0 Å². The number of ether oxygens (including phenoxy) is 10. The molecule has 8 bridgehead atoms. The van der Waals surface area contributed by atoms with E-state index < -0.39 is 52.2 Å². The number of fused-ring (bicyclic) bond motifs is 8. The van der Waals surface area contributed by atoms with Gasteiger partial charge < -0.3 is 47.4 Å². The summed E-state index contributed by atoms with van der Waals surface area (Å²) in [4.78, 5) is 59.8. The zero-order valence-corrected chi connectivity index (χ0v) is 66.8. The van der Waals surface area contributed by atoms with Crippen molar-refractivity contribution >= 4 is 29.8 Å². The molecule has 0 heterocycles. The maximum Gasteiger partial charge on any atom is 0.313 e. The Kier molecular flexibility index (Phi) is 27.8. The second kappa shape index (κ2) is 31.2. The molecule has 95 heavy (non-hydrogen) atoms. The van der Waals surface area contributed by atoms with Gasteiger partial charge in [-0.1, -0.05) is 118 Å². The molecule has 0 aromatic heterocycles. The second-order valence-corrected chi connectivity index (χ2v) is 37.2. The fraction of sp³-hybridized carbons (Fsp3) is 0.938. The monoisotopic (exact) mass is 1350 g/mol. The maximum atomic E-state index is 12.2. The quantitative estimate of drug-likeness (QED) is 0.0506. The van der Waals surface area contributed by atoms with Crippen molar-refractivity contribution in [3.63, 3.8) is 0 Å². The number of rotatable bonds is 24. The highest BCUT2D eigenvalue weighted by Gasteiger charge is 2.65. The number of carbonyl (C=O) groups is 5. The maximum absolute atomic E-state index is 12.2. The molecule has 8 fully saturated rings. The van der Waals surface area contributed by atoms with Gasteiger partial charge in [-0.25, -0.2) is 0 Å². The molecule has 8 aliphatic carbocycles. The average molecular weight is 1350 g/mol. The molecule has 0 aliphatic heterocycles. The third-order valence-electron chi connectivity index (χ3n) is 27.8. The summed E-state index contributed by atoms with van der Waals surface area (Å²) in [5.74, 6) is 2.11. The molecule has 0 radical (unpaired) electrons. The first kappa shape index (κ1) is 84.6. The largest absolute Gasteiger partial charge is 0.438 e. The van der Waals surface area contributed by atoms with E-state index in [4.69, 9.17) is 47.4 Å². The van der Waals surface area contributed by atoms with Gasteiger partial charge >= 0.3 is 29.8 Å². The Bertz CT molecular complexity index is 2470. The van der Waals surface area contributed by atoms with Crippen molar-refractivity contribution in [2.24, 2.45) is 94.1 Å². The molecule has 16 atom stereocenters. The highest BCUT2D eigenvalue weighted by molar-refractivity contribution is 5.77. The number of esters is 5. The van der Waals surface area contributed by atoms with E-state index in [2.05, 4.69) is 83.1 Å². The van der Waals surface area contributed by atoms with Gasteiger partial charge in [0.15, 0.2) is 32.0 Å². The molecule has 0 aromatic carbocycles. The van der Waals surface area contributed by atoms with Gasteiger partial charge in [0.25, 0.3) is 0 Å². The lowest BCUT2D eigenvalue weighted by Crippen LogP contribution is -2.45. The molecule has 16 unspecified atom stereocenters. The molecule has 0 N–H and O–H groups in total. The molecule has 0 saturated heterocycles. The van der Waals surface area contributed by atoms with E-state index in [1.165, 1.54) is 71.3 Å². The Morgan fingerprint density at radius 1 is 0.389 bits per heavy atom. The van der Waals surface area contributed by atoms with E-state index in [1.54, 1.807) is 6.92 Å². The Hall–Kier alpha value is -2.85. The summed E-state index contributed by atoms with van der Waals surface area (Å²) < 4.78 is 56.3. The van der Waals surface area contributed by atoms with E-state index in [0.717, 1.165) is 68.6 Å². The van der Waals surface area contributed by atoms with Gasteiger partial charge in [0.05, 0.1) is 51.5 Å². The zero-order chi connectivity index (χ0) is 73.1. The van der Waals surface area contributed by atoms with Gasteiger partial charge in [-0.2, -0.15) is 0 Å². The molecule has 8 aliphatic rings. The van der Waals surface area contributed by atoms with Crippen molar-refractivity contribution in [1.82, 2.24) is 0 Å². The zero-order valence-electron chi connectivity index (χ0n) is 66.8. The number of methoxy groups -OCH3 is 1. The van der Waals surface area contributed by atoms with Crippen LogP contribution in [0.25, 0.3) is 0 Å². The Balaban J connectivity index is 0.000000256. The van der Waals surface area contributed by atoms with E-state index >= 15 is 0 Å². The van der Waals surface area contributed by atoms with E-state index in [9.17, 15) is 24.0 Å². The lowest BCUT2D eigenvalue weighted by molar-refractivity contribution is -0.219. The third kappa shape index (κ3) is 18.5. The van der Waals surface area contributed by atoms with Gasteiger partial charge in [-0.05, 0) is 273 Å². The molecule has 15 nitrogen and oxygen atoms in total. The molecular formula is C80H144O15. The Morgan fingerprint density at radius 3 is 0.937 bits per heavy atom. The van der Waals surface area contributed by atoms with Crippen molar-refractivity contribution in [2.45, 2.75) is 373 Å². The topological polar surface area (TPSA) is 178 Å². The fourth-order valence-corrected chi connectivity index (χ4v) is 17.0. The first-order chi connectivity index (χ1) is 43.2. The van der Waals surface area contributed by atoms with Crippen LogP contribution in [0.5, 0.6) is 0 Å². The SMILES string of the molecule is CCC(C)(C)C(=O)OC(C)OC.CCC(C)(C)C(=O)OC(C)OC1C2(C)CCC(C2)C1(C)C.CCC(C)(C)C(=O)OC(C)OC1C2(C)CCC(C2)C1(C)C.CCC(C)(C)C(=O)OC(C)OC1CC2CCC1(C)C2(C)C.CCC(C)(C)C(=O)OCOC1CC2CCC1(C)C2(C)C. The normalized spacial score (nSPS) is 32.9. The van der Waals surface area contributed by atoms with E-state index in [0.29, 0.717) is 10.8 Å². The van der Waals surface area contributed by atoms with Gasteiger partial charge in [0.1, 0.15) is 0 Å². The second-order valence-electron chi connectivity index (χ2n) is 37.2. The van der Waals surface area contributed by atoms with Crippen LogP contribution in [0.1, 0.15) is 324 Å². The summed E-state index contributed by atoms with van der Waals surface area (Å²) in [6.07, 6.45) is 17.6. The average Bonchev–Trinajstić information content (AvgIpc) is 1.59. The van der Waals surface area contributed by atoms with Crippen LogP contribution in [0.4, 0.5) is 0 Å². The van der Waals surface area contributed by atoms with Crippen LogP contribution in [0.2, 0.25) is 0 Å². The third-order valence-corrected chi connectivity index (χ3v) is 27.8. The number of hydrogen-bond acceptors (Lipinski definition) is 15. The van der Waals surface area contributed by atoms with Gasteiger partial charge in [-0.15, -0.1) is 0 Å². The van der Waals surface area contributed by atoms with Crippen LogP contribution in [-0.2, 0) is 71.3 Å². The van der Waals surface area contributed by atoms with Crippen LogP contribution in [0, 0.1) is 94.1 Å². The minimum Gasteiger partial charge on any atom is -0.438 e. The summed E-state index contributed by atoms with van der Waals surface area (Å²) in [5, 5.41) is 0.